The monoisotopic (exact) mass is 326 g/mol. The van der Waals surface area contributed by atoms with Crippen molar-refractivity contribution in [1.82, 2.24) is 20.4 Å². The van der Waals surface area contributed by atoms with Gasteiger partial charge >= 0.3 is 0 Å². The number of nitrogens with zero attached hydrogens (tertiary/aromatic N) is 3. The normalized spacial score (nSPS) is 26.8. The van der Waals surface area contributed by atoms with Gasteiger partial charge in [-0.15, -0.1) is 5.01 Å². The number of allylic oxidation sites excluding steroid dienone is 1. The highest BCUT2D eigenvalue weighted by Gasteiger charge is 2.40. The highest BCUT2D eigenvalue weighted by atomic mass is 15.5. The zero-order valence-electron chi connectivity index (χ0n) is 14.2. The second-order valence-corrected chi connectivity index (χ2v) is 6.59. The fraction of sp³-hybridized carbons (Fsp3) is 0.471. The number of hydrogen-bond acceptors (Lipinski definition) is 5. The Morgan fingerprint density at radius 2 is 2.33 bits per heavy atom. The van der Waals surface area contributed by atoms with E-state index >= 15 is 0 Å². The fourth-order valence-electron chi connectivity index (χ4n) is 3.78. The Bertz CT molecular complexity index is 762. The topological polar surface area (TPSA) is 82.5 Å². The van der Waals surface area contributed by atoms with Gasteiger partial charge in [0.2, 0.25) is 5.82 Å². The molecule has 0 aliphatic carbocycles. The van der Waals surface area contributed by atoms with E-state index in [1.165, 1.54) is 12.1 Å². The number of amidine groups is 1. The van der Waals surface area contributed by atoms with Crippen LogP contribution in [0.4, 0.5) is 0 Å². The van der Waals surface area contributed by atoms with E-state index in [2.05, 4.69) is 27.8 Å². The number of rotatable bonds is 3. The van der Waals surface area contributed by atoms with Gasteiger partial charge in [-0.25, -0.2) is 5.41 Å². The summed E-state index contributed by atoms with van der Waals surface area (Å²) in [5, 5.41) is 25.4. The number of piperidine rings is 1. The molecule has 0 amide bonds. The second kappa shape index (κ2) is 5.99. The minimum absolute atomic E-state index is 0.443. The number of hydrogen-bond donors (Lipinski definition) is 4. The zero-order valence-corrected chi connectivity index (χ0v) is 14.2. The van der Waals surface area contributed by atoms with Gasteiger partial charge in [0.25, 0.3) is 5.84 Å². The summed E-state index contributed by atoms with van der Waals surface area (Å²) < 4.78 is 1.79. The van der Waals surface area contributed by atoms with Crippen LogP contribution in [0.1, 0.15) is 31.7 Å². The molecule has 1 saturated heterocycles. The summed E-state index contributed by atoms with van der Waals surface area (Å²) in [5.74, 6) is 1.98. The molecule has 1 aromatic rings. The molecule has 2 atom stereocenters. The fourth-order valence-corrected chi connectivity index (χ4v) is 3.78. The molecule has 24 heavy (non-hydrogen) atoms. The van der Waals surface area contributed by atoms with Crippen molar-refractivity contribution in [1.29, 1.82) is 5.41 Å². The summed E-state index contributed by atoms with van der Waals surface area (Å²) in [7, 11) is 1.91. The van der Waals surface area contributed by atoms with Crippen LogP contribution in [0.25, 0.3) is 5.57 Å². The van der Waals surface area contributed by atoms with E-state index in [0.29, 0.717) is 11.8 Å². The highest BCUT2D eigenvalue weighted by Crippen LogP contribution is 2.27. The van der Waals surface area contributed by atoms with Gasteiger partial charge in [0.05, 0.1) is 23.6 Å². The molecule has 0 aromatic carbocycles. The summed E-state index contributed by atoms with van der Waals surface area (Å²) >= 11 is 0. The Balaban J connectivity index is 1.75. The van der Waals surface area contributed by atoms with Crippen LogP contribution in [0.2, 0.25) is 0 Å². The molecule has 4 N–H and O–H groups in total. The molecule has 1 aromatic heterocycles. The first kappa shape index (κ1) is 15.3. The third-order valence-electron chi connectivity index (χ3n) is 5.03. The standard InChI is InChI=1S/C17H23N7/c1-3-13-15(11-5-4-6-19-7-11)22-17-14(9-21-24(17)16(13)18)12-8-20-23(2)10-12/h8-11,18-19,22H,3-7H2,1-2H3/p+1. The van der Waals surface area contributed by atoms with Crippen LogP contribution in [0, 0.1) is 11.3 Å². The lowest BCUT2D eigenvalue weighted by Crippen LogP contribution is -3.10. The first-order chi connectivity index (χ1) is 11.7. The third kappa shape index (κ3) is 2.40. The van der Waals surface area contributed by atoms with E-state index in [1.54, 1.807) is 4.68 Å². The predicted molar refractivity (Wildman–Crippen MR) is 93.4 cm³/mol. The molecule has 0 spiro atoms. The maximum atomic E-state index is 8.66. The van der Waals surface area contributed by atoms with Crippen molar-refractivity contribution in [2.24, 2.45) is 18.1 Å². The summed E-state index contributed by atoms with van der Waals surface area (Å²) in [6, 6.07) is 0. The van der Waals surface area contributed by atoms with Crippen LogP contribution in [0.15, 0.2) is 34.6 Å². The molecule has 7 nitrogen and oxygen atoms in total. The van der Waals surface area contributed by atoms with Gasteiger partial charge in [-0.1, -0.05) is 12.0 Å². The van der Waals surface area contributed by atoms with E-state index in [0.717, 1.165) is 53.5 Å². The molecule has 3 aliphatic heterocycles. The Morgan fingerprint density at radius 3 is 3.00 bits per heavy atom. The van der Waals surface area contributed by atoms with E-state index in [-0.39, 0.29) is 0 Å². The molecular formula is C17H24N7+. The van der Waals surface area contributed by atoms with Gasteiger partial charge in [-0.05, 0) is 25.8 Å². The minimum Gasteiger partial charge on any atom is -0.316 e. The van der Waals surface area contributed by atoms with Crippen molar-refractivity contribution in [2.45, 2.75) is 26.2 Å². The lowest BCUT2D eigenvalue weighted by atomic mass is 9.90. The van der Waals surface area contributed by atoms with Gasteiger partial charge in [0.1, 0.15) is 0 Å². The predicted octanol–water partition coefficient (Wildman–Crippen LogP) is 0.217. The molecule has 4 heterocycles. The third-order valence-corrected chi connectivity index (χ3v) is 5.03. The first-order valence-corrected chi connectivity index (χ1v) is 8.63. The van der Waals surface area contributed by atoms with Crippen LogP contribution in [-0.2, 0) is 7.05 Å². The zero-order chi connectivity index (χ0) is 16.7. The van der Waals surface area contributed by atoms with Gasteiger partial charge in [-0.2, -0.15) is 5.10 Å². The Morgan fingerprint density at radius 1 is 1.46 bits per heavy atom. The van der Waals surface area contributed by atoms with Crippen LogP contribution >= 0.6 is 0 Å². The van der Waals surface area contributed by atoms with E-state index in [4.69, 9.17) is 5.41 Å². The second-order valence-electron chi connectivity index (χ2n) is 6.59. The Hall–Kier alpha value is -2.25. The van der Waals surface area contributed by atoms with Gasteiger partial charge in [-0.3, -0.25) is 4.68 Å². The smallest absolute Gasteiger partial charge is 0.256 e. The maximum Gasteiger partial charge on any atom is 0.256 e. The molecule has 3 aliphatic rings. The molecule has 0 saturated carbocycles. The van der Waals surface area contributed by atoms with Crippen molar-refractivity contribution in [2.75, 3.05) is 13.1 Å². The molecule has 1 fully saturated rings. The molecule has 7 heteroatoms. The van der Waals surface area contributed by atoms with Crippen LogP contribution < -0.4 is 15.6 Å². The van der Waals surface area contributed by atoms with E-state index in [1.807, 2.05) is 25.7 Å². The summed E-state index contributed by atoms with van der Waals surface area (Å²) in [5.41, 5.74) is 4.37. The van der Waals surface area contributed by atoms with Crippen molar-refractivity contribution < 1.29 is 5.01 Å². The number of nitrogens with one attached hydrogen (secondary N) is 4. The molecular weight excluding hydrogens is 302 g/mol. The minimum atomic E-state index is 0.443. The van der Waals surface area contributed by atoms with E-state index in [9.17, 15) is 0 Å². The van der Waals surface area contributed by atoms with Crippen LogP contribution in [0.3, 0.4) is 0 Å². The molecule has 2 unspecified atom stereocenters. The molecule has 126 valence electrons. The summed E-state index contributed by atoms with van der Waals surface area (Å²) in [6.07, 6.45) is 8.90. The first-order valence-electron chi connectivity index (χ1n) is 8.63. The van der Waals surface area contributed by atoms with Crippen molar-refractivity contribution in [3.63, 3.8) is 0 Å². The number of aromatic nitrogens is 2. The lowest BCUT2D eigenvalue weighted by molar-refractivity contribution is -0.771. The number of quaternary nitrogens is 1. The average Bonchev–Trinajstić information content (AvgIpc) is 3.21. The molecule has 4 rings (SSSR count). The Labute approximate surface area is 141 Å². The lowest BCUT2D eigenvalue weighted by Gasteiger charge is -2.32. The van der Waals surface area contributed by atoms with Crippen LogP contribution in [-0.4, -0.2) is 34.9 Å². The van der Waals surface area contributed by atoms with Crippen molar-refractivity contribution in [3.05, 3.63) is 35.0 Å². The average molecular weight is 326 g/mol. The van der Waals surface area contributed by atoms with Gasteiger partial charge < -0.3 is 10.6 Å². The largest absolute Gasteiger partial charge is 0.316 e. The van der Waals surface area contributed by atoms with E-state index < -0.39 is 0 Å². The highest BCUT2D eigenvalue weighted by molar-refractivity contribution is 6.12. The molecule has 0 bridgehead atoms. The van der Waals surface area contributed by atoms with Gasteiger partial charge in [0, 0.05) is 37.0 Å². The number of fused-ring (bicyclic) bond motifs is 1. The van der Waals surface area contributed by atoms with Crippen molar-refractivity contribution in [3.8, 4) is 0 Å². The Kier molecular flexibility index (Phi) is 3.82. The maximum absolute atomic E-state index is 8.66. The van der Waals surface area contributed by atoms with Crippen molar-refractivity contribution >= 4 is 17.6 Å². The SMILES string of the molecule is CCC1=C(C2CCCNC2)NC2=C(c3cnn(C)c3)C=N[NH+]2C1=N. The van der Waals surface area contributed by atoms with Gasteiger partial charge in [0.15, 0.2) is 0 Å². The molecule has 0 radical (unpaired) electrons. The van der Waals surface area contributed by atoms with Crippen LogP contribution in [0.5, 0.6) is 0 Å². The summed E-state index contributed by atoms with van der Waals surface area (Å²) in [4.78, 5) is 0. The quantitative estimate of drug-likeness (QED) is 0.641. The number of aryl methyl sites for hydroxylation is 1. The summed E-state index contributed by atoms with van der Waals surface area (Å²) in [6.45, 7) is 4.19.